The summed E-state index contributed by atoms with van der Waals surface area (Å²) in [5.74, 6) is 0.000868. The highest BCUT2D eigenvalue weighted by Gasteiger charge is 2.03. The zero-order valence-electron chi connectivity index (χ0n) is 25.3. The highest BCUT2D eigenvalue weighted by atomic mass is 16.5. The molecule has 1 atom stereocenters. The van der Waals surface area contributed by atoms with E-state index in [0.29, 0.717) is 13.0 Å². The van der Waals surface area contributed by atoms with Gasteiger partial charge in [0.2, 0.25) is 0 Å². The molecule has 0 aliphatic carbocycles. The van der Waals surface area contributed by atoms with Crippen LogP contribution in [0.2, 0.25) is 0 Å². The number of allylic oxidation sites excluding steroid dienone is 1. The number of ether oxygens (including phenoxy) is 1. The van der Waals surface area contributed by atoms with Crippen LogP contribution in [0.3, 0.4) is 0 Å². The molecule has 0 aromatic carbocycles. The lowest BCUT2D eigenvalue weighted by atomic mass is 10.0. The van der Waals surface area contributed by atoms with Gasteiger partial charge >= 0.3 is 5.97 Å². The molecule has 0 unspecified atom stereocenters. The predicted octanol–water partition coefficient (Wildman–Crippen LogP) is 11.0. The maximum Gasteiger partial charge on any atom is 0.305 e. The Morgan fingerprint density at radius 2 is 1.05 bits per heavy atom. The average Bonchev–Trinajstić information content (AvgIpc) is 2.90. The van der Waals surface area contributed by atoms with Gasteiger partial charge in [0, 0.05) is 6.42 Å². The largest absolute Gasteiger partial charge is 0.466 e. The van der Waals surface area contributed by atoms with Gasteiger partial charge in [-0.15, -0.1) is 0 Å². The molecule has 0 radical (unpaired) electrons. The van der Waals surface area contributed by atoms with E-state index in [1.54, 1.807) is 0 Å². The van der Waals surface area contributed by atoms with Crippen molar-refractivity contribution in [1.29, 1.82) is 0 Å². The van der Waals surface area contributed by atoms with Gasteiger partial charge in [-0.1, -0.05) is 154 Å². The first-order valence-corrected chi connectivity index (χ1v) is 16.7. The third kappa shape index (κ3) is 31.3. The van der Waals surface area contributed by atoms with Crippen molar-refractivity contribution in [2.24, 2.45) is 0 Å². The average molecular weight is 523 g/mol. The van der Waals surface area contributed by atoms with E-state index in [-0.39, 0.29) is 12.1 Å². The van der Waals surface area contributed by atoms with Gasteiger partial charge in [0.05, 0.1) is 12.7 Å². The minimum atomic E-state index is -0.156. The van der Waals surface area contributed by atoms with Gasteiger partial charge in [0.15, 0.2) is 0 Å². The lowest BCUT2D eigenvalue weighted by molar-refractivity contribution is -0.143. The summed E-state index contributed by atoms with van der Waals surface area (Å²) in [7, 11) is 0. The number of hydrogen-bond donors (Lipinski definition) is 1. The molecule has 0 heterocycles. The zero-order chi connectivity index (χ0) is 27.1. The molecule has 0 saturated heterocycles. The molecule has 0 spiro atoms. The second kappa shape index (κ2) is 31.4. The number of unbranched alkanes of at least 4 members (excludes halogenated alkanes) is 21. The normalized spacial score (nSPS) is 12.4. The van der Waals surface area contributed by atoms with Crippen molar-refractivity contribution in [2.75, 3.05) is 6.61 Å². The molecule has 1 N–H and O–H groups in total. The van der Waals surface area contributed by atoms with Crippen LogP contribution in [0.1, 0.15) is 187 Å². The summed E-state index contributed by atoms with van der Waals surface area (Å²) in [6, 6.07) is 0. The first kappa shape index (κ1) is 36.2. The van der Waals surface area contributed by atoms with Crippen molar-refractivity contribution in [1.82, 2.24) is 0 Å². The lowest BCUT2D eigenvalue weighted by Crippen LogP contribution is -2.05. The number of esters is 1. The molecule has 37 heavy (non-hydrogen) atoms. The Morgan fingerprint density at radius 1 is 0.595 bits per heavy atom. The molecule has 0 amide bonds. The number of carbonyl (C=O) groups excluding carboxylic acids is 1. The summed E-state index contributed by atoms with van der Waals surface area (Å²) >= 11 is 0. The fourth-order valence-corrected chi connectivity index (χ4v) is 4.91. The Balaban J connectivity index is 3.25. The van der Waals surface area contributed by atoms with Crippen molar-refractivity contribution in [3.63, 3.8) is 0 Å². The molecule has 0 bridgehead atoms. The molecule has 0 aliphatic rings. The zero-order valence-corrected chi connectivity index (χ0v) is 25.3. The summed E-state index contributed by atoms with van der Waals surface area (Å²) in [6.45, 7) is 5.10. The Hall–Kier alpha value is -0.830. The SMILES string of the molecule is CCCCCCCCCCCCCCCC(=O)OCCCCCCCC/C=C\C[C@H](O)CCCCCC. The first-order chi connectivity index (χ1) is 18.2. The van der Waals surface area contributed by atoms with Crippen LogP contribution in [0.25, 0.3) is 0 Å². The third-order valence-corrected chi connectivity index (χ3v) is 7.48. The van der Waals surface area contributed by atoms with E-state index in [1.807, 2.05) is 0 Å². The van der Waals surface area contributed by atoms with E-state index in [4.69, 9.17) is 4.74 Å². The summed E-state index contributed by atoms with van der Waals surface area (Å²) in [4.78, 5) is 11.9. The van der Waals surface area contributed by atoms with Gasteiger partial charge in [-0.3, -0.25) is 4.79 Å². The molecule has 0 rings (SSSR count). The fraction of sp³-hybridized carbons (Fsp3) is 0.912. The van der Waals surface area contributed by atoms with E-state index in [2.05, 4.69) is 26.0 Å². The first-order valence-electron chi connectivity index (χ1n) is 16.7. The minimum Gasteiger partial charge on any atom is -0.466 e. The van der Waals surface area contributed by atoms with E-state index in [0.717, 1.165) is 44.9 Å². The molecule has 3 heteroatoms. The van der Waals surface area contributed by atoms with Crippen molar-refractivity contribution >= 4 is 5.97 Å². The van der Waals surface area contributed by atoms with Crippen LogP contribution < -0.4 is 0 Å². The second-order valence-corrected chi connectivity index (χ2v) is 11.3. The van der Waals surface area contributed by atoms with Gasteiger partial charge < -0.3 is 9.84 Å². The van der Waals surface area contributed by atoms with Crippen LogP contribution in [-0.4, -0.2) is 23.8 Å². The van der Waals surface area contributed by atoms with Crippen LogP contribution in [0.15, 0.2) is 12.2 Å². The predicted molar refractivity (Wildman–Crippen MR) is 162 cm³/mol. The van der Waals surface area contributed by atoms with Crippen molar-refractivity contribution in [2.45, 2.75) is 193 Å². The fourth-order valence-electron chi connectivity index (χ4n) is 4.91. The van der Waals surface area contributed by atoms with E-state index in [9.17, 15) is 9.90 Å². The highest BCUT2D eigenvalue weighted by Crippen LogP contribution is 2.14. The van der Waals surface area contributed by atoms with Gasteiger partial charge in [-0.05, 0) is 38.5 Å². The second-order valence-electron chi connectivity index (χ2n) is 11.3. The highest BCUT2D eigenvalue weighted by molar-refractivity contribution is 5.69. The van der Waals surface area contributed by atoms with E-state index >= 15 is 0 Å². The summed E-state index contributed by atoms with van der Waals surface area (Å²) in [6.07, 6.45) is 37.1. The van der Waals surface area contributed by atoms with Crippen LogP contribution in [0.4, 0.5) is 0 Å². The van der Waals surface area contributed by atoms with Crippen LogP contribution >= 0.6 is 0 Å². The molecule has 3 nitrogen and oxygen atoms in total. The quantitative estimate of drug-likeness (QED) is 0.0579. The number of rotatable bonds is 30. The molecular formula is C34H66O3. The molecule has 0 aromatic heterocycles. The number of carbonyl (C=O) groups is 1. The Bertz CT molecular complexity index is 474. The maximum atomic E-state index is 11.9. The van der Waals surface area contributed by atoms with E-state index < -0.39 is 0 Å². The maximum absolute atomic E-state index is 11.9. The van der Waals surface area contributed by atoms with Crippen molar-refractivity contribution in [3.8, 4) is 0 Å². The number of aliphatic hydroxyl groups is 1. The van der Waals surface area contributed by atoms with Crippen molar-refractivity contribution < 1.29 is 14.6 Å². The topological polar surface area (TPSA) is 46.5 Å². The Labute approximate surface area is 232 Å². The van der Waals surface area contributed by atoms with E-state index in [1.165, 1.54) is 122 Å². The molecular weight excluding hydrogens is 456 g/mol. The summed E-state index contributed by atoms with van der Waals surface area (Å²) in [5, 5.41) is 9.97. The summed E-state index contributed by atoms with van der Waals surface area (Å²) < 4.78 is 5.41. The van der Waals surface area contributed by atoms with Crippen molar-refractivity contribution in [3.05, 3.63) is 12.2 Å². The van der Waals surface area contributed by atoms with Crippen LogP contribution in [0.5, 0.6) is 0 Å². The minimum absolute atomic E-state index is 0.000868. The molecule has 0 aromatic rings. The monoisotopic (exact) mass is 523 g/mol. The third-order valence-electron chi connectivity index (χ3n) is 7.48. The molecule has 220 valence electrons. The standard InChI is InChI=1S/C34H66O3/c1-3-5-7-9-10-11-12-13-14-17-20-23-27-31-34(36)37-32-28-24-21-18-15-16-19-22-26-30-33(35)29-25-8-6-4-2/h22,26,33,35H,3-21,23-25,27-32H2,1-2H3/b26-22-/t33-/m1/s1. The molecule has 0 saturated carbocycles. The number of aliphatic hydroxyl groups excluding tert-OH is 1. The van der Waals surface area contributed by atoms with Gasteiger partial charge in [0.1, 0.15) is 0 Å². The molecule has 0 fully saturated rings. The lowest BCUT2D eigenvalue weighted by Gasteiger charge is -2.07. The smallest absolute Gasteiger partial charge is 0.305 e. The summed E-state index contributed by atoms with van der Waals surface area (Å²) in [5.41, 5.74) is 0. The number of hydrogen-bond acceptors (Lipinski definition) is 3. The van der Waals surface area contributed by atoms with Crippen LogP contribution in [0, 0.1) is 0 Å². The van der Waals surface area contributed by atoms with Gasteiger partial charge in [-0.25, -0.2) is 0 Å². The van der Waals surface area contributed by atoms with Crippen LogP contribution in [-0.2, 0) is 9.53 Å². The van der Waals surface area contributed by atoms with Gasteiger partial charge in [0.25, 0.3) is 0 Å². The molecule has 0 aliphatic heterocycles. The Morgan fingerprint density at radius 3 is 1.62 bits per heavy atom. The van der Waals surface area contributed by atoms with Gasteiger partial charge in [-0.2, -0.15) is 0 Å². The Kier molecular flexibility index (Phi) is 30.7.